The molecule has 6 heteroatoms. The molecule has 21 heavy (non-hydrogen) atoms. The van der Waals surface area contributed by atoms with Gasteiger partial charge in [-0.1, -0.05) is 6.07 Å². The van der Waals surface area contributed by atoms with Crippen LogP contribution in [0.2, 0.25) is 0 Å². The Balaban J connectivity index is 1.74. The fourth-order valence-electron chi connectivity index (χ4n) is 2.28. The highest BCUT2D eigenvalue weighted by atomic mass is 35.5. The van der Waals surface area contributed by atoms with E-state index in [0.717, 1.165) is 17.1 Å². The van der Waals surface area contributed by atoms with Crippen molar-refractivity contribution < 1.29 is 14.2 Å². The summed E-state index contributed by atoms with van der Waals surface area (Å²) in [5.74, 6) is 2.83. The maximum absolute atomic E-state index is 6.03. The second-order valence-corrected chi connectivity index (χ2v) is 4.81. The number of halogens is 1. The number of imidazole rings is 1. The van der Waals surface area contributed by atoms with Gasteiger partial charge in [0.2, 0.25) is 12.7 Å². The van der Waals surface area contributed by atoms with E-state index in [2.05, 4.69) is 4.98 Å². The Kier molecular flexibility index (Phi) is 2.86. The second kappa shape index (κ2) is 4.86. The molecule has 0 spiro atoms. The summed E-state index contributed by atoms with van der Waals surface area (Å²) >= 11 is 6.03. The SMILES string of the molecule is ClCc1c(Oc2ccc3c(c2)OCO3)nc2ccccn12. The Morgan fingerprint density at radius 2 is 2.10 bits per heavy atom. The van der Waals surface area contributed by atoms with Crippen molar-refractivity contribution in [1.82, 2.24) is 9.38 Å². The van der Waals surface area contributed by atoms with E-state index in [-0.39, 0.29) is 6.79 Å². The number of nitrogens with zero attached hydrogens (tertiary/aromatic N) is 2. The van der Waals surface area contributed by atoms with Crippen LogP contribution < -0.4 is 14.2 Å². The smallest absolute Gasteiger partial charge is 0.242 e. The van der Waals surface area contributed by atoms with Gasteiger partial charge in [-0.25, -0.2) is 0 Å². The number of pyridine rings is 1. The zero-order valence-corrected chi connectivity index (χ0v) is 11.7. The minimum atomic E-state index is 0.236. The number of fused-ring (bicyclic) bond motifs is 2. The van der Waals surface area contributed by atoms with Gasteiger partial charge in [-0.2, -0.15) is 4.98 Å². The maximum atomic E-state index is 6.03. The van der Waals surface area contributed by atoms with Crippen molar-refractivity contribution in [3.8, 4) is 23.1 Å². The second-order valence-electron chi connectivity index (χ2n) is 4.54. The summed E-state index contributed by atoms with van der Waals surface area (Å²) in [7, 11) is 0. The van der Waals surface area contributed by atoms with Crippen LogP contribution in [-0.4, -0.2) is 16.2 Å². The summed E-state index contributed by atoms with van der Waals surface area (Å²) in [4.78, 5) is 4.46. The van der Waals surface area contributed by atoms with Crippen molar-refractivity contribution in [1.29, 1.82) is 0 Å². The molecule has 0 atom stereocenters. The largest absolute Gasteiger partial charge is 0.454 e. The molecule has 0 N–H and O–H groups in total. The quantitative estimate of drug-likeness (QED) is 0.694. The van der Waals surface area contributed by atoms with Gasteiger partial charge >= 0.3 is 0 Å². The average Bonchev–Trinajstić information content (AvgIpc) is 3.10. The van der Waals surface area contributed by atoms with Gasteiger partial charge in [0, 0.05) is 12.3 Å². The minimum absolute atomic E-state index is 0.236. The zero-order chi connectivity index (χ0) is 14.2. The van der Waals surface area contributed by atoms with Crippen molar-refractivity contribution in [2.45, 2.75) is 5.88 Å². The number of hydrogen-bond acceptors (Lipinski definition) is 4. The van der Waals surface area contributed by atoms with E-state index in [1.165, 1.54) is 0 Å². The lowest BCUT2D eigenvalue weighted by molar-refractivity contribution is 0.174. The maximum Gasteiger partial charge on any atom is 0.242 e. The van der Waals surface area contributed by atoms with E-state index < -0.39 is 0 Å². The fraction of sp³-hybridized carbons (Fsp3) is 0.133. The number of hydrogen-bond donors (Lipinski definition) is 0. The molecule has 3 aromatic rings. The van der Waals surface area contributed by atoms with Gasteiger partial charge in [-0.15, -0.1) is 11.6 Å². The van der Waals surface area contributed by atoms with Gasteiger partial charge in [0.05, 0.1) is 5.88 Å². The van der Waals surface area contributed by atoms with Crippen molar-refractivity contribution in [3.63, 3.8) is 0 Å². The number of aromatic nitrogens is 2. The third-order valence-corrected chi connectivity index (χ3v) is 3.53. The number of rotatable bonds is 3. The summed E-state index contributed by atoms with van der Waals surface area (Å²) in [6.07, 6.45) is 1.91. The highest BCUT2D eigenvalue weighted by Gasteiger charge is 2.17. The summed E-state index contributed by atoms with van der Waals surface area (Å²) in [6, 6.07) is 11.2. The van der Waals surface area contributed by atoms with Gasteiger partial charge in [-0.05, 0) is 24.3 Å². The lowest BCUT2D eigenvalue weighted by atomic mass is 10.3. The molecule has 0 bridgehead atoms. The van der Waals surface area contributed by atoms with Crippen molar-refractivity contribution >= 4 is 17.2 Å². The topological polar surface area (TPSA) is 45.0 Å². The normalized spacial score (nSPS) is 12.8. The standard InChI is InChI=1S/C15H11ClN2O3/c16-8-11-15(17-14-3-1-2-6-18(11)14)21-10-4-5-12-13(7-10)20-9-19-12/h1-7H,8-9H2. The number of alkyl halides is 1. The molecule has 0 aliphatic carbocycles. The van der Waals surface area contributed by atoms with Crippen LogP contribution >= 0.6 is 11.6 Å². The third-order valence-electron chi connectivity index (χ3n) is 3.28. The molecule has 3 heterocycles. The first-order valence-electron chi connectivity index (χ1n) is 6.44. The van der Waals surface area contributed by atoms with Crippen LogP contribution in [0.4, 0.5) is 0 Å². The highest BCUT2D eigenvalue weighted by Crippen LogP contribution is 2.37. The molecule has 5 nitrogen and oxygen atoms in total. The Labute approximate surface area is 125 Å². The van der Waals surface area contributed by atoms with Crippen molar-refractivity contribution in [2.24, 2.45) is 0 Å². The van der Waals surface area contributed by atoms with Crippen LogP contribution in [0.1, 0.15) is 5.69 Å². The van der Waals surface area contributed by atoms with Crippen LogP contribution in [0, 0.1) is 0 Å². The first-order chi connectivity index (χ1) is 10.3. The van der Waals surface area contributed by atoms with Crippen molar-refractivity contribution in [2.75, 3.05) is 6.79 Å². The zero-order valence-electron chi connectivity index (χ0n) is 11.0. The van der Waals surface area contributed by atoms with Crippen molar-refractivity contribution in [3.05, 3.63) is 48.3 Å². The summed E-state index contributed by atoms with van der Waals surface area (Å²) in [6.45, 7) is 0.236. The predicted molar refractivity (Wildman–Crippen MR) is 77.4 cm³/mol. The summed E-state index contributed by atoms with van der Waals surface area (Å²) < 4.78 is 18.4. The predicted octanol–water partition coefficient (Wildman–Crippen LogP) is 3.59. The molecule has 0 saturated heterocycles. The van der Waals surface area contributed by atoms with Crippen LogP contribution in [0.15, 0.2) is 42.6 Å². The summed E-state index contributed by atoms with van der Waals surface area (Å²) in [5.41, 5.74) is 1.61. The molecule has 4 rings (SSSR count). The minimum Gasteiger partial charge on any atom is -0.454 e. The molecule has 1 aliphatic rings. The van der Waals surface area contributed by atoms with E-state index in [1.807, 2.05) is 40.9 Å². The molecular weight excluding hydrogens is 292 g/mol. The first-order valence-corrected chi connectivity index (χ1v) is 6.98. The lowest BCUT2D eigenvalue weighted by Crippen LogP contribution is -1.93. The highest BCUT2D eigenvalue weighted by molar-refractivity contribution is 6.17. The molecule has 0 radical (unpaired) electrons. The van der Waals surface area contributed by atoms with Crippen LogP contribution in [0.3, 0.4) is 0 Å². The van der Waals surface area contributed by atoms with Gasteiger partial charge in [-0.3, -0.25) is 4.40 Å². The molecule has 1 aliphatic heterocycles. The van der Waals surface area contributed by atoms with E-state index in [9.17, 15) is 0 Å². The molecule has 0 fully saturated rings. The Hall–Kier alpha value is -2.40. The molecule has 0 unspecified atom stereocenters. The van der Waals surface area contributed by atoms with E-state index in [0.29, 0.717) is 23.3 Å². The Bertz CT molecular complexity index is 816. The number of benzene rings is 1. The van der Waals surface area contributed by atoms with E-state index in [1.54, 1.807) is 6.07 Å². The molecule has 0 amide bonds. The summed E-state index contributed by atoms with van der Waals surface area (Å²) in [5, 5.41) is 0. The lowest BCUT2D eigenvalue weighted by Gasteiger charge is -2.05. The molecule has 106 valence electrons. The monoisotopic (exact) mass is 302 g/mol. The average molecular weight is 303 g/mol. The molecule has 1 aromatic carbocycles. The van der Waals surface area contributed by atoms with E-state index in [4.69, 9.17) is 25.8 Å². The van der Waals surface area contributed by atoms with Gasteiger partial charge in [0.1, 0.15) is 17.1 Å². The Morgan fingerprint density at radius 3 is 3.00 bits per heavy atom. The van der Waals surface area contributed by atoms with Gasteiger partial charge in [0.15, 0.2) is 11.5 Å². The fourth-order valence-corrected chi connectivity index (χ4v) is 2.52. The third kappa shape index (κ3) is 2.06. The van der Waals surface area contributed by atoms with Gasteiger partial charge < -0.3 is 14.2 Å². The molecular formula is C15H11ClN2O3. The first kappa shape index (κ1) is 12.3. The van der Waals surface area contributed by atoms with E-state index >= 15 is 0 Å². The molecule has 0 saturated carbocycles. The van der Waals surface area contributed by atoms with Crippen LogP contribution in [0.25, 0.3) is 5.65 Å². The Morgan fingerprint density at radius 1 is 1.19 bits per heavy atom. The van der Waals surface area contributed by atoms with Crippen LogP contribution in [0.5, 0.6) is 23.1 Å². The van der Waals surface area contributed by atoms with Crippen LogP contribution in [-0.2, 0) is 5.88 Å². The molecule has 2 aromatic heterocycles. The van der Waals surface area contributed by atoms with Gasteiger partial charge in [0.25, 0.3) is 0 Å². The number of ether oxygens (including phenoxy) is 3.